The van der Waals surface area contributed by atoms with Crippen LogP contribution in [-0.4, -0.2) is 5.78 Å². The van der Waals surface area contributed by atoms with Gasteiger partial charge in [-0.05, 0) is 49.4 Å². The van der Waals surface area contributed by atoms with Crippen LogP contribution in [-0.2, 0) is 0 Å². The molecule has 0 amide bonds. The van der Waals surface area contributed by atoms with Crippen LogP contribution >= 0.6 is 11.6 Å². The molecule has 1 fully saturated rings. The third-order valence-electron chi connectivity index (χ3n) is 4.06. The minimum atomic E-state index is 0.277. The van der Waals surface area contributed by atoms with Crippen LogP contribution in [0.5, 0.6) is 0 Å². The second kappa shape index (κ2) is 5.88. The zero-order chi connectivity index (χ0) is 13.1. The molecule has 0 aliphatic heterocycles. The number of hydrogen-bond acceptors (Lipinski definition) is 1. The molecule has 0 spiro atoms. The number of halogens is 1. The molecule has 1 aliphatic rings. The van der Waals surface area contributed by atoms with E-state index in [2.05, 4.69) is 0 Å². The zero-order valence-electron chi connectivity index (χ0n) is 11.3. The highest BCUT2D eigenvalue weighted by atomic mass is 35.5. The first-order valence-corrected chi connectivity index (χ1v) is 7.25. The molecule has 0 atom stereocenters. The molecule has 2 heteroatoms. The van der Waals surface area contributed by atoms with Gasteiger partial charge in [-0.25, -0.2) is 0 Å². The van der Waals surface area contributed by atoms with E-state index in [1.165, 1.54) is 25.7 Å². The first-order chi connectivity index (χ1) is 8.58. The summed E-state index contributed by atoms with van der Waals surface area (Å²) in [6.45, 7) is 3.92. The molecule has 0 radical (unpaired) electrons. The lowest BCUT2D eigenvalue weighted by molar-refractivity contribution is 0.0973. The molecule has 1 aromatic carbocycles. The van der Waals surface area contributed by atoms with E-state index in [0.29, 0.717) is 6.42 Å². The van der Waals surface area contributed by atoms with E-state index in [0.717, 1.165) is 34.1 Å². The van der Waals surface area contributed by atoms with E-state index >= 15 is 0 Å². The van der Waals surface area contributed by atoms with Crippen molar-refractivity contribution in [2.45, 2.75) is 52.4 Å². The van der Waals surface area contributed by atoms with Crippen molar-refractivity contribution in [2.75, 3.05) is 0 Å². The second-order valence-corrected chi connectivity index (χ2v) is 5.94. The molecule has 0 saturated heterocycles. The number of carbonyl (C=O) groups is 1. The van der Waals surface area contributed by atoms with Crippen molar-refractivity contribution in [3.63, 3.8) is 0 Å². The summed E-state index contributed by atoms with van der Waals surface area (Å²) in [5, 5.41) is 0.750. The summed E-state index contributed by atoms with van der Waals surface area (Å²) in [5.74, 6) is 1.06. The Balaban J connectivity index is 2.01. The molecule has 0 heterocycles. The monoisotopic (exact) mass is 264 g/mol. The molecular weight excluding hydrogens is 244 g/mol. The van der Waals surface area contributed by atoms with Crippen LogP contribution in [0.3, 0.4) is 0 Å². The Morgan fingerprint density at radius 1 is 1.22 bits per heavy atom. The van der Waals surface area contributed by atoms with Gasteiger partial charge in [0.2, 0.25) is 0 Å². The van der Waals surface area contributed by atoms with Gasteiger partial charge in [0, 0.05) is 17.0 Å². The Hall–Kier alpha value is -0.820. The molecule has 1 nitrogen and oxygen atoms in total. The van der Waals surface area contributed by atoms with Crippen LogP contribution in [0, 0.1) is 19.8 Å². The van der Waals surface area contributed by atoms with Gasteiger partial charge in [-0.2, -0.15) is 0 Å². The molecule has 0 unspecified atom stereocenters. The highest BCUT2D eigenvalue weighted by molar-refractivity contribution is 6.31. The third kappa shape index (κ3) is 3.14. The SMILES string of the molecule is Cc1cc(C(=O)CCC2CCCC2)c(C)cc1Cl. The Morgan fingerprint density at radius 3 is 2.56 bits per heavy atom. The van der Waals surface area contributed by atoms with E-state index in [9.17, 15) is 4.79 Å². The quantitative estimate of drug-likeness (QED) is 0.691. The fourth-order valence-corrected chi connectivity index (χ4v) is 3.07. The Morgan fingerprint density at radius 2 is 1.89 bits per heavy atom. The predicted molar refractivity (Wildman–Crippen MR) is 76.4 cm³/mol. The minimum absolute atomic E-state index is 0.277. The zero-order valence-corrected chi connectivity index (χ0v) is 12.0. The van der Waals surface area contributed by atoms with Gasteiger partial charge >= 0.3 is 0 Å². The number of hydrogen-bond donors (Lipinski definition) is 0. The Labute approximate surface area is 115 Å². The largest absolute Gasteiger partial charge is 0.294 e. The predicted octanol–water partition coefficient (Wildman–Crippen LogP) is 5.11. The molecule has 0 bridgehead atoms. The van der Waals surface area contributed by atoms with Gasteiger partial charge in [-0.1, -0.05) is 37.3 Å². The number of aryl methyl sites for hydroxylation is 2. The van der Waals surface area contributed by atoms with E-state index in [1.807, 2.05) is 26.0 Å². The van der Waals surface area contributed by atoms with Gasteiger partial charge in [0.25, 0.3) is 0 Å². The first-order valence-electron chi connectivity index (χ1n) is 6.88. The molecule has 1 aliphatic carbocycles. The summed E-state index contributed by atoms with van der Waals surface area (Å²) < 4.78 is 0. The number of Topliss-reactive ketones (excluding diaryl/α,β-unsaturated/α-hetero) is 1. The fourth-order valence-electron chi connectivity index (χ4n) is 2.85. The smallest absolute Gasteiger partial charge is 0.163 e. The normalized spacial score (nSPS) is 16.2. The second-order valence-electron chi connectivity index (χ2n) is 5.53. The Bertz CT molecular complexity index is 445. The van der Waals surface area contributed by atoms with Crippen LogP contribution in [0.1, 0.15) is 60.0 Å². The summed E-state index contributed by atoms with van der Waals surface area (Å²) in [7, 11) is 0. The van der Waals surface area contributed by atoms with E-state index < -0.39 is 0 Å². The van der Waals surface area contributed by atoms with Gasteiger partial charge in [0.1, 0.15) is 0 Å². The maximum absolute atomic E-state index is 12.2. The van der Waals surface area contributed by atoms with Crippen molar-refractivity contribution >= 4 is 17.4 Å². The molecule has 0 aromatic heterocycles. The van der Waals surface area contributed by atoms with Crippen LogP contribution in [0.2, 0.25) is 5.02 Å². The van der Waals surface area contributed by atoms with Gasteiger partial charge in [0.05, 0.1) is 0 Å². The first kappa shape index (κ1) is 13.6. The summed E-state index contributed by atoms with van der Waals surface area (Å²) in [5.41, 5.74) is 2.85. The van der Waals surface area contributed by atoms with Crippen LogP contribution in [0.15, 0.2) is 12.1 Å². The molecular formula is C16H21ClO. The maximum Gasteiger partial charge on any atom is 0.163 e. The van der Waals surface area contributed by atoms with Gasteiger partial charge < -0.3 is 0 Å². The third-order valence-corrected chi connectivity index (χ3v) is 4.47. The van der Waals surface area contributed by atoms with Crippen molar-refractivity contribution in [1.29, 1.82) is 0 Å². The summed E-state index contributed by atoms with van der Waals surface area (Å²) in [4.78, 5) is 12.2. The lowest BCUT2D eigenvalue weighted by Gasteiger charge is -2.10. The van der Waals surface area contributed by atoms with Crippen LogP contribution in [0.25, 0.3) is 0 Å². The highest BCUT2D eigenvalue weighted by Crippen LogP contribution is 2.29. The molecule has 18 heavy (non-hydrogen) atoms. The number of benzene rings is 1. The molecule has 1 saturated carbocycles. The summed E-state index contributed by atoms with van der Waals surface area (Å²) >= 11 is 6.06. The fraction of sp³-hybridized carbons (Fsp3) is 0.562. The summed E-state index contributed by atoms with van der Waals surface area (Å²) in [6.07, 6.45) is 7.06. The van der Waals surface area contributed by atoms with E-state index in [-0.39, 0.29) is 5.78 Å². The number of carbonyl (C=O) groups excluding carboxylic acids is 1. The maximum atomic E-state index is 12.2. The van der Waals surface area contributed by atoms with Gasteiger partial charge in [-0.15, -0.1) is 0 Å². The van der Waals surface area contributed by atoms with Crippen molar-refractivity contribution in [2.24, 2.45) is 5.92 Å². The topological polar surface area (TPSA) is 17.1 Å². The standard InChI is InChI=1S/C16H21ClO/c1-11-10-15(17)12(2)9-14(11)16(18)8-7-13-5-3-4-6-13/h9-10,13H,3-8H2,1-2H3. The molecule has 0 N–H and O–H groups in total. The Kier molecular flexibility index (Phi) is 4.45. The molecule has 1 aromatic rings. The molecule has 98 valence electrons. The van der Waals surface area contributed by atoms with Crippen LogP contribution < -0.4 is 0 Å². The average molecular weight is 265 g/mol. The van der Waals surface area contributed by atoms with Crippen molar-refractivity contribution < 1.29 is 4.79 Å². The van der Waals surface area contributed by atoms with Crippen molar-refractivity contribution in [1.82, 2.24) is 0 Å². The number of ketones is 1. The van der Waals surface area contributed by atoms with Gasteiger partial charge in [-0.3, -0.25) is 4.79 Å². The van der Waals surface area contributed by atoms with E-state index in [1.54, 1.807) is 0 Å². The molecule has 2 rings (SSSR count). The van der Waals surface area contributed by atoms with Gasteiger partial charge in [0.15, 0.2) is 5.78 Å². The van der Waals surface area contributed by atoms with Crippen LogP contribution in [0.4, 0.5) is 0 Å². The lowest BCUT2D eigenvalue weighted by atomic mass is 9.95. The van der Waals surface area contributed by atoms with Crippen molar-refractivity contribution in [3.05, 3.63) is 33.8 Å². The summed E-state index contributed by atoms with van der Waals surface area (Å²) in [6, 6.07) is 3.84. The lowest BCUT2D eigenvalue weighted by Crippen LogP contribution is -2.05. The number of rotatable bonds is 4. The minimum Gasteiger partial charge on any atom is -0.294 e. The van der Waals surface area contributed by atoms with Crippen molar-refractivity contribution in [3.8, 4) is 0 Å². The van der Waals surface area contributed by atoms with E-state index in [4.69, 9.17) is 11.6 Å². The average Bonchev–Trinajstić information content (AvgIpc) is 2.84. The highest BCUT2D eigenvalue weighted by Gasteiger charge is 2.17.